The summed E-state index contributed by atoms with van der Waals surface area (Å²) in [4.78, 5) is 4.77. The summed E-state index contributed by atoms with van der Waals surface area (Å²) in [6.07, 6.45) is 0. The molecule has 0 N–H and O–H groups in total. The van der Waals surface area contributed by atoms with Gasteiger partial charge in [0.2, 0.25) is 0 Å². The largest absolute Gasteiger partial charge is 0.497 e. The molecule has 5 nitrogen and oxygen atoms in total. The maximum Gasteiger partial charge on any atom is 0.191 e. The third-order valence-corrected chi connectivity index (χ3v) is 6.55. The van der Waals surface area contributed by atoms with Gasteiger partial charge >= 0.3 is 0 Å². The summed E-state index contributed by atoms with van der Waals surface area (Å²) >= 11 is 9.28. The third kappa shape index (κ3) is 4.47. The van der Waals surface area contributed by atoms with Gasteiger partial charge in [-0.3, -0.25) is 0 Å². The van der Waals surface area contributed by atoms with Crippen molar-refractivity contribution in [1.82, 2.24) is 19.7 Å². The number of halogens is 1. The molecule has 0 amide bonds. The monoisotopic (exact) mass is 442 g/mol. The number of thioether (sulfide) groups is 1. The second kappa shape index (κ2) is 8.98. The highest BCUT2D eigenvalue weighted by Gasteiger charge is 2.14. The Morgan fingerprint density at radius 2 is 1.93 bits per heavy atom. The van der Waals surface area contributed by atoms with Gasteiger partial charge in [-0.1, -0.05) is 35.5 Å². The van der Waals surface area contributed by atoms with Crippen molar-refractivity contribution in [3.63, 3.8) is 0 Å². The molecule has 0 aliphatic rings. The molecule has 0 saturated heterocycles. The van der Waals surface area contributed by atoms with Crippen LogP contribution < -0.4 is 4.74 Å². The Bertz CT molecular complexity index is 1110. The first kappa shape index (κ1) is 19.9. The molecule has 2 aromatic carbocycles. The lowest BCUT2D eigenvalue weighted by molar-refractivity contribution is 0.415. The van der Waals surface area contributed by atoms with E-state index in [0.717, 1.165) is 50.9 Å². The zero-order valence-electron chi connectivity index (χ0n) is 16.0. The highest BCUT2D eigenvalue weighted by atomic mass is 35.5. The van der Waals surface area contributed by atoms with Crippen LogP contribution in [0.2, 0.25) is 5.02 Å². The summed E-state index contributed by atoms with van der Waals surface area (Å²) < 4.78 is 7.42. The van der Waals surface area contributed by atoms with Crippen LogP contribution in [-0.2, 0) is 12.3 Å². The van der Waals surface area contributed by atoms with E-state index in [1.165, 1.54) is 0 Å². The molecular weight excluding hydrogens is 424 g/mol. The van der Waals surface area contributed by atoms with Gasteiger partial charge in [0, 0.05) is 33.8 Å². The van der Waals surface area contributed by atoms with E-state index in [1.54, 1.807) is 30.2 Å². The van der Waals surface area contributed by atoms with Gasteiger partial charge in [-0.15, -0.1) is 21.5 Å². The fourth-order valence-electron chi connectivity index (χ4n) is 2.89. The van der Waals surface area contributed by atoms with E-state index in [0.29, 0.717) is 5.02 Å². The minimum atomic E-state index is 0.710. The molecule has 0 saturated carbocycles. The number of hydrogen-bond acceptors (Lipinski definition) is 6. The number of ether oxygens (including phenoxy) is 1. The smallest absolute Gasteiger partial charge is 0.191 e. The van der Waals surface area contributed by atoms with Gasteiger partial charge in [0.1, 0.15) is 10.8 Å². The van der Waals surface area contributed by atoms with Crippen molar-refractivity contribution in [3.8, 4) is 27.7 Å². The molecule has 8 heteroatoms. The van der Waals surface area contributed by atoms with Crippen LogP contribution in [0.5, 0.6) is 5.75 Å². The summed E-state index contributed by atoms with van der Waals surface area (Å²) in [7, 11) is 1.67. The first-order valence-electron chi connectivity index (χ1n) is 9.08. The Hall–Kier alpha value is -2.35. The average Bonchev–Trinajstić information content (AvgIpc) is 3.39. The molecule has 0 atom stereocenters. The second-order valence-corrected chi connectivity index (χ2v) is 8.46. The first-order valence-corrected chi connectivity index (χ1v) is 11.3. The minimum Gasteiger partial charge on any atom is -0.497 e. The molecule has 2 aromatic heterocycles. The third-order valence-electron chi connectivity index (χ3n) is 4.35. The quantitative estimate of drug-likeness (QED) is 0.326. The van der Waals surface area contributed by atoms with Gasteiger partial charge in [0.05, 0.1) is 12.8 Å². The number of hydrogen-bond donors (Lipinski definition) is 0. The Morgan fingerprint density at radius 1 is 1.10 bits per heavy atom. The molecule has 148 valence electrons. The van der Waals surface area contributed by atoms with Gasteiger partial charge < -0.3 is 9.30 Å². The number of thiazole rings is 1. The van der Waals surface area contributed by atoms with Crippen molar-refractivity contribution < 1.29 is 4.74 Å². The molecule has 4 aromatic rings. The highest BCUT2D eigenvalue weighted by Crippen LogP contribution is 2.30. The van der Waals surface area contributed by atoms with Crippen LogP contribution in [-0.4, -0.2) is 26.9 Å². The van der Waals surface area contributed by atoms with E-state index < -0.39 is 0 Å². The van der Waals surface area contributed by atoms with Crippen molar-refractivity contribution in [3.05, 3.63) is 64.6 Å². The van der Waals surface area contributed by atoms with Gasteiger partial charge in [-0.25, -0.2) is 4.98 Å². The zero-order chi connectivity index (χ0) is 20.2. The summed E-state index contributed by atoms with van der Waals surface area (Å²) in [6, 6.07) is 15.6. The molecule has 0 unspecified atom stereocenters. The first-order chi connectivity index (χ1) is 14.2. The number of rotatable bonds is 7. The van der Waals surface area contributed by atoms with E-state index in [4.69, 9.17) is 21.3 Å². The lowest BCUT2D eigenvalue weighted by Gasteiger charge is -2.07. The molecule has 0 bridgehead atoms. The van der Waals surface area contributed by atoms with Crippen molar-refractivity contribution in [2.75, 3.05) is 7.11 Å². The van der Waals surface area contributed by atoms with Gasteiger partial charge in [0.25, 0.3) is 0 Å². The molecule has 2 heterocycles. The Balaban J connectivity index is 1.50. The van der Waals surface area contributed by atoms with Crippen LogP contribution in [0.1, 0.15) is 12.6 Å². The van der Waals surface area contributed by atoms with Gasteiger partial charge in [0.15, 0.2) is 11.0 Å². The maximum atomic E-state index is 6.00. The standard InChI is InChI=1S/C21H19ClN4OS2/c1-3-26-19(14-7-9-16(22)10-8-14)24-25-21(26)29-13-17-12-28-20(23-17)15-5-4-6-18(11-15)27-2/h4-12H,3,13H2,1-2H3. The molecule has 0 aliphatic heterocycles. The van der Waals surface area contributed by atoms with E-state index in [1.807, 2.05) is 48.5 Å². The van der Waals surface area contributed by atoms with Crippen molar-refractivity contribution in [1.29, 1.82) is 0 Å². The van der Waals surface area contributed by atoms with Gasteiger partial charge in [-0.05, 0) is 43.3 Å². The molecule has 0 spiro atoms. The summed E-state index contributed by atoms with van der Waals surface area (Å²) in [5.74, 6) is 2.42. The highest BCUT2D eigenvalue weighted by molar-refractivity contribution is 7.98. The van der Waals surface area contributed by atoms with E-state index in [-0.39, 0.29) is 0 Å². The van der Waals surface area contributed by atoms with E-state index in [2.05, 4.69) is 27.1 Å². The average molecular weight is 443 g/mol. The van der Waals surface area contributed by atoms with Crippen molar-refractivity contribution in [2.45, 2.75) is 24.4 Å². The lowest BCUT2D eigenvalue weighted by atomic mass is 10.2. The minimum absolute atomic E-state index is 0.710. The molecule has 4 rings (SSSR count). The van der Waals surface area contributed by atoms with Crippen LogP contribution in [0.4, 0.5) is 0 Å². The summed E-state index contributed by atoms with van der Waals surface area (Å²) in [6.45, 7) is 2.88. The molecule has 0 fully saturated rings. The normalized spacial score (nSPS) is 11.0. The maximum absolute atomic E-state index is 6.00. The Kier molecular flexibility index (Phi) is 6.18. The zero-order valence-corrected chi connectivity index (χ0v) is 18.4. The predicted octanol–water partition coefficient (Wildman–Crippen LogP) is 6.04. The number of benzene rings is 2. The molecule has 0 radical (unpaired) electrons. The van der Waals surface area contributed by atoms with Crippen LogP contribution in [0.3, 0.4) is 0 Å². The van der Waals surface area contributed by atoms with Crippen molar-refractivity contribution >= 4 is 34.7 Å². The summed E-state index contributed by atoms with van der Waals surface area (Å²) in [5.41, 5.74) is 3.09. The van der Waals surface area contributed by atoms with Crippen LogP contribution in [0.25, 0.3) is 22.0 Å². The molecular formula is C21H19ClN4OS2. The van der Waals surface area contributed by atoms with Crippen LogP contribution in [0, 0.1) is 0 Å². The fraction of sp³-hybridized carbons (Fsp3) is 0.190. The van der Waals surface area contributed by atoms with Gasteiger partial charge in [-0.2, -0.15) is 0 Å². The van der Waals surface area contributed by atoms with Crippen LogP contribution >= 0.6 is 34.7 Å². The molecule has 29 heavy (non-hydrogen) atoms. The number of aromatic nitrogens is 4. The molecule has 0 aliphatic carbocycles. The van der Waals surface area contributed by atoms with Crippen LogP contribution in [0.15, 0.2) is 59.1 Å². The van der Waals surface area contributed by atoms with Crippen molar-refractivity contribution in [2.24, 2.45) is 0 Å². The number of nitrogens with zero attached hydrogens (tertiary/aromatic N) is 4. The predicted molar refractivity (Wildman–Crippen MR) is 120 cm³/mol. The van der Waals surface area contributed by atoms with E-state index in [9.17, 15) is 0 Å². The summed E-state index contributed by atoms with van der Waals surface area (Å²) in [5, 5.41) is 13.4. The lowest BCUT2D eigenvalue weighted by Crippen LogP contribution is -1.99. The fourth-order valence-corrected chi connectivity index (χ4v) is 4.84. The van der Waals surface area contributed by atoms with E-state index >= 15 is 0 Å². The number of methoxy groups -OCH3 is 1. The Morgan fingerprint density at radius 3 is 2.69 bits per heavy atom. The SMILES string of the molecule is CCn1c(SCc2csc(-c3cccc(OC)c3)n2)nnc1-c1ccc(Cl)cc1. The Labute approximate surface area is 182 Å². The topological polar surface area (TPSA) is 52.8 Å². The second-order valence-electron chi connectivity index (χ2n) is 6.22.